The van der Waals surface area contributed by atoms with Crippen LogP contribution < -0.4 is 10.1 Å². The molecule has 2 aromatic rings. The molecule has 0 aromatic heterocycles. The number of imide groups is 1. The first-order valence-electron chi connectivity index (χ1n) is 11.3. The first-order valence-corrected chi connectivity index (χ1v) is 12.8. The van der Waals surface area contributed by atoms with E-state index >= 15 is 0 Å². The number of hydrogen-bond acceptors (Lipinski definition) is 5. The van der Waals surface area contributed by atoms with Crippen LogP contribution in [0.5, 0.6) is 5.75 Å². The van der Waals surface area contributed by atoms with Crippen LogP contribution in [0.4, 0.5) is 4.79 Å². The van der Waals surface area contributed by atoms with Gasteiger partial charge in [0.15, 0.2) is 0 Å². The predicted octanol–water partition coefficient (Wildman–Crippen LogP) is 3.27. The molecule has 0 bridgehead atoms. The van der Waals surface area contributed by atoms with Crippen LogP contribution in [0.2, 0.25) is 0 Å². The van der Waals surface area contributed by atoms with Crippen LogP contribution >= 0.6 is 0 Å². The van der Waals surface area contributed by atoms with Crippen LogP contribution in [-0.2, 0) is 26.8 Å². The molecular formula is C25H31N3O5S. The Bertz CT molecular complexity index is 1200. The Morgan fingerprint density at radius 1 is 1.03 bits per heavy atom. The third-order valence-corrected chi connectivity index (χ3v) is 8.57. The zero-order valence-corrected chi connectivity index (χ0v) is 20.8. The van der Waals surface area contributed by atoms with Gasteiger partial charge in [-0.1, -0.05) is 57.2 Å². The van der Waals surface area contributed by atoms with Gasteiger partial charge in [-0.05, 0) is 41.5 Å². The Morgan fingerprint density at radius 3 is 2.26 bits per heavy atom. The van der Waals surface area contributed by atoms with Crippen LogP contribution in [0, 0.1) is 0 Å². The van der Waals surface area contributed by atoms with Crippen molar-refractivity contribution in [1.29, 1.82) is 0 Å². The van der Waals surface area contributed by atoms with Gasteiger partial charge in [-0.15, -0.1) is 0 Å². The molecule has 2 aliphatic rings. The molecule has 2 heterocycles. The summed E-state index contributed by atoms with van der Waals surface area (Å²) < 4.78 is 33.9. The third-order valence-electron chi connectivity index (χ3n) is 6.65. The van der Waals surface area contributed by atoms with E-state index in [2.05, 4.69) is 5.32 Å². The average Bonchev–Trinajstić information content (AvgIpc) is 3.03. The highest BCUT2D eigenvalue weighted by molar-refractivity contribution is 7.89. The second kappa shape index (κ2) is 8.70. The van der Waals surface area contributed by atoms with E-state index in [1.54, 1.807) is 12.1 Å². The summed E-state index contributed by atoms with van der Waals surface area (Å²) in [6.45, 7) is 6.49. The third kappa shape index (κ3) is 4.30. The molecule has 182 valence electrons. The number of nitrogens with zero attached hydrogens (tertiary/aromatic N) is 2. The van der Waals surface area contributed by atoms with Crippen molar-refractivity contribution < 1.29 is 22.7 Å². The highest BCUT2D eigenvalue weighted by atomic mass is 32.2. The van der Waals surface area contributed by atoms with Crippen molar-refractivity contribution in [3.05, 3.63) is 59.7 Å². The molecule has 1 spiro atoms. The molecule has 0 saturated carbocycles. The van der Waals surface area contributed by atoms with Gasteiger partial charge in [0.05, 0.1) is 13.7 Å². The van der Waals surface area contributed by atoms with E-state index in [1.807, 2.05) is 57.2 Å². The molecule has 2 aromatic carbocycles. The van der Waals surface area contributed by atoms with Crippen molar-refractivity contribution in [1.82, 2.24) is 14.5 Å². The number of ether oxygens (including phenoxy) is 1. The maximum absolute atomic E-state index is 13.6. The van der Waals surface area contributed by atoms with Gasteiger partial charge in [0.2, 0.25) is 10.0 Å². The minimum atomic E-state index is -3.86. The summed E-state index contributed by atoms with van der Waals surface area (Å²) in [5.74, 6) is -0.0155. The zero-order valence-electron chi connectivity index (χ0n) is 20.0. The average molecular weight is 486 g/mol. The number of hydrogen-bond donors (Lipinski definition) is 1. The molecule has 3 amide bonds. The molecule has 2 aliphatic heterocycles. The van der Waals surface area contributed by atoms with Crippen molar-refractivity contribution in [3.63, 3.8) is 0 Å². The molecule has 1 N–H and O–H groups in total. The van der Waals surface area contributed by atoms with Gasteiger partial charge in [-0.25, -0.2) is 13.2 Å². The predicted molar refractivity (Wildman–Crippen MR) is 128 cm³/mol. The van der Waals surface area contributed by atoms with E-state index in [0.29, 0.717) is 0 Å². The lowest BCUT2D eigenvalue weighted by molar-refractivity contribution is -0.133. The first-order chi connectivity index (χ1) is 16.0. The van der Waals surface area contributed by atoms with Crippen molar-refractivity contribution in [2.24, 2.45) is 0 Å². The maximum Gasteiger partial charge on any atom is 0.325 e. The highest BCUT2D eigenvalue weighted by Crippen LogP contribution is 2.36. The second-order valence-corrected chi connectivity index (χ2v) is 11.8. The normalized spacial score (nSPS) is 18.9. The van der Waals surface area contributed by atoms with Crippen molar-refractivity contribution in [3.8, 4) is 5.75 Å². The molecular weight excluding hydrogens is 454 g/mol. The smallest absolute Gasteiger partial charge is 0.325 e. The highest BCUT2D eigenvalue weighted by Gasteiger charge is 2.53. The number of piperidine rings is 1. The fourth-order valence-corrected chi connectivity index (χ4v) is 6.14. The van der Waals surface area contributed by atoms with E-state index in [9.17, 15) is 18.0 Å². The number of urea groups is 1. The summed E-state index contributed by atoms with van der Waals surface area (Å²) in [6, 6.07) is 14.1. The van der Waals surface area contributed by atoms with E-state index in [1.165, 1.54) is 16.3 Å². The molecule has 34 heavy (non-hydrogen) atoms. The van der Waals surface area contributed by atoms with Gasteiger partial charge in [0.1, 0.15) is 16.2 Å². The number of carbonyl (C=O) groups is 2. The Hall–Kier alpha value is -2.91. The molecule has 0 atom stereocenters. The SMILES string of the molecule is COc1ccc(C(C)(C)C)cc1S(=O)(=O)N1CCC2(CC1)NC(=O)N(Cc1ccccc1)C2=O. The quantitative estimate of drug-likeness (QED) is 0.656. The number of sulfonamides is 1. The monoisotopic (exact) mass is 485 g/mol. The van der Waals surface area contributed by atoms with Gasteiger partial charge in [-0.3, -0.25) is 9.69 Å². The molecule has 9 heteroatoms. The van der Waals surface area contributed by atoms with E-state index in [4.69, 9.17) is 4.74 Å². The fourth-order valence-electron chi connectivity index (χ4n) is 4.52. The summed E-state index contributed by atoms with van der Waals surface area (Å²) in [5, 5.41) is 2.84. The van der Waals surface area contributed by atoms with Gasteiger partial charge in [0, 0.05) is 13.1 Å². The number of nitrogens with one attached hydrogen (secondary N) is 1. The lowest BCUT2D eigenvalue weighted by Gasteiger charge is -2.36. The largest absolute Gasteiger partial charge is 0.495 e. The molecule has 0 aliphatic carbocycles. The van der Waals surface area contributed by atoms with Crippen molar-refractivity contribution in [2.45, 2.75) is 56.0 Å². The Labute approximate surface area is 200 Å². The molecule has 4 rings (SSSR count). The number of methoxy groups -OCH3 is 1. The number of rotatable bonds is 5. The van der Waals surface area contributed by atoms with E-state index in [-0.39, 0.29) is 54.4 Å². The Morgan fingerprint density at radius 2 is 1.68 bits per heavy atom. The molecule has 0 unspecified atom stereocenters. The summed E-state index contributed by atoms with van der Waals surface area (Å²) in [6.07, 6.45) is 0.423. The second-order valence-electron chi connectivity index (χ2n) is 9.91. The minimum absolute atomic E-state index is 0.117. The maximum atomic E-state index is 13.6. The standard InChI is InChI=1S/C25H31N3O5S/c1-24(2,3)19-10-11-20(33-4)21(16-19)34(31,32)27-14-12-25(13-15-27)22(29)28(23(30)26-25)17-18-8-6-5-7-9-18/h5-11,16H,12-15,17H2,1-4H3,(H,26,30). The fraction of sp³-hybridized carbons (Fsp3) is 0.440. The van der Waals surface area contributed by atoms with Crippen molar-refractivity contribution >= 4 is 22.0 Å². The van der Waals surface area contributed by atoms with Gasteiger partial charge < -0.3 is 10.1 Å². The van der Waals surface area contributed by atoms with E-state index < -0.39 is 21.6 Å². The molecule has 2 saturated heterocycles. The topological polar surface area (TPSA) is 96.0 Å². The van der Waals surface area contributed by atoms with E-state index in [0.717, 1.165) is 11.1 Å². The van der Waals surface area contributed by atoms with Crippen molar-refractivity contribution in [2.75, 3.05) is 20.2 Å². The number of carbonyl (C=O) groups excluding carboxylic acids is 2. The van der Waals surface area contributed by atoms with Crippen LogP contribution in [0.1, 0.15) is 44.7 Å². The summed E-state index contributed by atoms with van der Waals surface area (Å²) in [4.78, 5) is 27.2. The zero-order chi connectivity index (χ0) is 24.7. The lowest BCUT2D eigenvalue weighted by Crippen LogP contribution is -2.55. The summed E-state index contributed by atoms with van der Waals surface area (Å²) >= 11 is 0. The van der Waals surface area contributed by atoms with Crippen LogP contribution in [-0.4, -0.2) is 55.3 Å². The van der Waals surface area contributed by atoms with Crippen LogP contribution in [0.25, 0.3) is 0 Å². The van der Waals surface area contributed by atoms with Crippen LogP contribution in [0.3, 0.4) is 0 Å². The molecule has 0 radical (unpaired) electrons. The summed E-state index contributed by atoms with van der Waals surface area (Å²) in [7, 11) is -2.41. The van der Waals surface area contributed by atoms with Gasteiger partial charge in [-0.2, -0.15) is 4.31 Å². The van der Waals surface area contributed by atoms with Gasteiger partial charge >= 0.3 is 6.03 Å². The van der Waals surface area contributed by atoms with Gasteiger partial charge in [0.25, 0.3) is 5.91 Å². The number of amides is 3. The lowest BCUT2D eigenvalue weighted by atomic mass is 9.87. The Balaban J connectivity index is 1.54. The number of benzene rings is 2. The molecule has 2 fully saturated rings. The first kappa shape index (κ1) is 24.2. The molecule has 8 nitrogen and oxygen atoms in total. The summed E-state index contributed by atoms with van der Waals surface area (Å²) in [5.41, 5.74) is 0.435. The minimum Gasteiger partial charge on any atom is -0.495 e. The Kier molecular flexibility index (Phi) is 6.20. The van der Waals surface area contributed by atoms with Crippen LogP contribution in [0.15, 0.2) is 53.4 Å².